The highest BCUT2D eigenvalue weighted by Gasteiger charge is 2.12. The summed E-state index contributed by atoms with van der Waals surface area (Å²) < 4.78 is 20.6. The van der Waals surface area contributed by atoms with E-state index in [0.29, 0.717) is 18.1 Å². The smallest absolute Gasteiger partial charge is 0.191 e. The number of halogens is 1. The predicted molar refractivity (Wildman–Crippen MR) is 102 cm³/mol. The minimum atomic E-state index is -0.290. The highest BCUT2D eigenvalue weighted by molar-refractivity contribution is 7.98. The summed E-state index contributed by atoms with van der Waals surface area (Å²) in [6, 6.07) is 14.3. The summed E-state index contributed by atoms with van der Waals surface area (Å²) in [5.74, 6) is 1.83. The van der Waals surface area contributed by atoms with Gasteiger partial charge in [0.05, 0.1) is 0 Å². The Labute approximate surface area is 156 Å². The van der Waals surface area contributed by atoms with E-state index in [-0.39, 0.29) is 12.4 Å². The molecule has 0 aliphatic carbocycles. The van der Waals surface area contributed by atoms with E-state index in [1.807, 2.05) is 10.6 Å². The molecule has 3 rings (SSSR count). The number of aromatic nitrogens is 3. The van der Waals surface area contributed by atoms with Gasteiger partial charge in [-0.25, -0.2) is 4.39 Å². The third-order valence-corrected chi connectivity index (χ3v) is 4.78. The van der Waals surface area contributed by atoms with Gasteiger partial charge in [0.2, 0.25) is 0 Å². The van der Waals surface area contributed by atoms with Crippen molar-refractivity contribution in [2.45, 2.75) is 31.0 Å². The van der Waals surface area contributed by atoms with Crippen LogP contribution in [0.2, 0.25) is 0 Å². The molecule has 0 radical (unpaired) electrons. The van der Waals surface area contributed by atoms with Crippen molar-refractivity contribution in [3.05, 3.63) is 84.0 Å². The molecule has 0 fully saturated rings. The average molecular weight is 369 g/mol. The molecule has 0 N–H and O–H groups in total. The topological polar surface area (TPSA) is 39.9 Å². The van der Waals surface area contributed by atoms with Crippen molar-refractivity contribution in [3.8, 4) is 5.75 Å². The fourth-order valence-corrected chi connectivity index (χ4v) is 3.38. The van der Waals surface area contributed by atoms with Gasteiger partial charge in [0.15, 0.2) is 11.0 Å². The highest BCUT2D eigenvalue weighted by Crippen LogP contribution is 2.23. The molecule has 0 unspecified atom stereocenters. The Kier molecular flexibility index (Phi) is 6.07. The van der Waals surface area contributed by atoms with Gasteiger partial charge in [-0.3, -0.25) is 4.57 Å². The van der Waals surface area contributed by atoms with Crippen LogP contribution in [-0.4, -0.2) is 14.8 Å². The first kappa shape index (κ1) is 18.2. The van der Waals surface area contributed by atoms with Crippen molar-refractivity contribution in [2.24, 2.45) is 0 Å². The molecule has 2 aromatic carbocycles. The van der Waals surface area contributed by atoms with E-state index in [1.165, 1.54) is 23.3 Å². The number of hydrogen-bond donors (Lipinski definition) is 0. The number of rotatable bonds is 8. The van der Waals surface area contributed by atoms with Crippen LogP contribution < -0.4 is 4.74 Å². The van der Waals surface area contributed by atoms with Crippen LogP contribution in [0.5, 0.6) is 5.75 Å². The minimum absolute atomic E-state index is 0.261. The van der Waals surface area contributed by atoms with Crippen molar-refractivity contribution in [2.75, 3.05) is 0 Å². The lowest BCUT2D eigenvalue weighted by molar-refractivity contribution is 0.288. The molecule has 0 aliphatic heterocycles. The van der Waals surface area contributed by atoms with Crippen LogP contribution in [0.3, 0.4) is 0 Å². The maximum absolute atomic E-state index is 13.0. The lowest BCUT2D eigenvalue weighted by atomic mass is 10.2. The van der Waals surface area contributed by atoms with Crippen LogP contribution >= 0.6 is 11.8 Å². The van der Waals surface area contributed by atoms with Crippen LogP contribution in [0.15, 0.2) is 66.3 Å². The standard InChI is InChI=1S/C20H20FN3OS/c1-3-11-24-19(13-25-18-9-7-17(21)8-10-18)22-23-20(24)26-14-16-6-4-5-15(2)12-16/h3-10,12H,1,11,13-14H2,2H3. The predicted octanol–water partition coefficient (Wildman–Crippen LogP) is 4.78. The van der Waals surface area contributed by atoms with Gasteiger partial charge in [0.25, 0.3) is 0 Å². The summed E-state index contributed by atoms with van der Waals surface area (Å²) in [5.41, 5.74) is 2.48. The summed E-state index contributed by atoms with van der Waals surface area (Å²) in [6.45, 7) is 6.75. The van der Waals surface area contributed by atoms with E-state index < -0.39 is 0 Å². The molecule has 134 valence electrons. The number of allylic oxidation sites excluding steroid dienone is 1. The number of hydrogen-bond acceptors (Lipinski definition) is 4. The zero-order chi connectivity index (χ0) is 18.4. The summed E-state index contributed by atoms with van der Waals surface area (Å²) >= 11 is 1.63. The zero-order valence-corrected chi connectivity index (χ0v) is 15.4. The molecule has 0 aliphatic rings. The molecule has 1 aromatic heterocycles. The van der Waals surface area contributed by atoms with Crippen molar-refractivity contribution in [1.82, 2.24) is 14.8 Å². The lowest BCUT2D eigenvalue weighted by Gasteiger charge is -2.09. The Morgan fingerprint density at radius 2 is 2.00 bits per heavy atom. The number of benzene rings is 2. The molecule has 0 spiro atoms. The monoisotopic (exact) mass is 369 g/mol. The second kappa shape index (κ2) is 8.67. The van der Waals surface area contributed by atoms with Crippen LogP contribution in [0.4, 0.5) is 4.39 Å². The molecule has 4 nitrogen and oxygen atoms in total. The molecule has 0 saturated heterocycles. The van der Waals surface area contributed by atoms with E-state index >= 15 is 0 Å². The van der Waals surface area contributed by atoms with Gasteiger partial charge in [-0.2, -0.15) is 0 Å². The van der Waals surface area contributed by atoms with E-state index in [2.05, 4.69) is 48.0 Å². The summed E-state index contributed by atoms with van der Waals surface area (Å²) in [7, 11) is 0. The van der Waals surface area contributed by atoms with E-state index in [1.54, 1.807) is 23.9 Å². The minimum Gasteiger partial charge on any atom is -0.486 e. The maximum atomic E-state index is 13.0. The Balaban J connectivity index is 1.68. The van der Waals surface area contributed by atoms with Crippen molar-refractivity contribution >= 4 is 11.8 Å². The van der Waals surface area contributed by atoms with Crippen molar-refractivity contribution < 1.29 is 9.13 Å². The first-order valence-electron chi connectivity index (χ1n) is 8.25. The summed E-state index contributed by atoms with van der Waals surface area (Å²) in [6.07, 6.45) is 1.81. The molecular weight excluding hydrogens is 349 g/mol. The number of ether oxygens (including phenoxy) is 1. The largest absolute Gasteiger partial charge is 0.486 e. The van der Waals surface area contributed by atoms with Crippen LogP contribution in [0, 0.1) is 12.7 Å². The summed E-state index contributed by atoms with van der Waals surface area (Å²) in [4.78, 5) is 0. The Morgan fingerprint density at radius 1 is 1.19 bits per heavy atom. The fourth-order valence-electron chi connectivity index (χ4n) is 2.47. The van der Waals surface area contributed by atoms with E-state index in [9.17, 15) is 4.39 Å². The van der Waals surface area contributed by atoms with E-state index in [0.717, 1.165) is 10.9 Å². The molecule has 1 heterocycles. The summed E-state index contributed by atoms with van der Waals surface area (Å²) in [5, 5.41) is 9.35. The number of nitrogens with zero attached hydrogens (tertiary/aromatic N) is 3. The van der Waals surface area contributed by atoms with Gasteiger partial charge in [-0.15, -0.1) is 16.8 Å². The maximum Gasteiger partial charge on any atom is 0.191 e. The van der Waals surface area contributed by atoms with Crippen LogP contribution in [-0.2, 0) is 18.9 Å². The molecule has 3 aromatic rings. The SMILES string of the molecule is C=CCn1c(COc2ccc(F)cc2)nnc1SCc1cccc(C)c1. The second-order valence-corrected chi connectivity index (χ2v) is 6.76. The van der Waals surface area contributed by atoms with Gasteiger partial charge in [0, 0.05) is 12.3 Å². The third kappa shape index (κ3) is 4.73. The fraction of sp³-hybridized carbons (Fsp3) is 0.200. The first-order chi connectivity index (χ1) is 12.7. The number of aryl methyl sites for hydroxylation is 1. The third-order valence-electron chi connectivity index (χ3n) is 3.74. The highest BCUT2D eigenvalue weighted by atomic mass is 32.2. The second-order valence-electron chi connectivity index (χ2n) is 5.82. The van der Waals surface area contributed by atoms with Gasteiger partial charge in [-0.1, -0.05) is 47.7 Å². The normalized spacial score (nSPS) is 10.7. The quantitative estimate of drug-likeness (QED) is 0.423. The van der Waals surface area contributed by atoms with E-state index in [4.69, 9.17) is 4.74 Å². The van der Waals surface area contributed by atoms with Crippen LogP contribution in [0.25, 0.3) is 0 Å². The van der Waals surface area contributed by atoms with Gasteiger partial charge >= 0.3 is 0 Å². The molecular formula is C20H20FN3OS. The molecule has 0 amide bonds. The Bertz CT molecular complexity index is 877. The Hall–Kier alpha value is -2.60. The van der Waals surface area contributed by atoms with Gasteiger partial charge in [-0.05, 0) is 36.8 Å². The Morgan fingerprint density at radius 3 is 2.73 bits per heavy atom. The average Bonchev–Trinajstić information content (AvgIpc) is 3.02. The molecule has 6 heteroatoms. The van der Waals surface area contributed by atoms with Crippen molar-refractivity contribution in [3.63, 3.8) is 0 Å². The number of thioether (sulfide) groups is 1. The molecule has 0 bridgehead atoms. The molecule has 0 atom stereocenters. The molecule has 0 saturated carbocycles. The first-order valence-corrected chi connectivity index (χ1v) is 9.24. The van der Waals surface area contributed by atoms with Gasteiger partial charge < -0.3 is 4.74 Å². The van der Waals surface area contributed by atoms with Crippen molar-refractivity contribution in [1.29, 1.82) is 0 Å². The zero-order valence-electron chi connectivity index (χ0n) is 14.6. The molecule has 26 heavy (non-hydrogen) atoms. The van der Waals surface area contributed by atoms with Crippen LogP contribution in [0.1, 0.15) is 17.0 Å². The van der Waals surface area contributed by atoms with Gasteiger partial charge in [0.1, 0.15) is 18.2 Å². The lowest BCUT2D eigenvalue weighted by Crippen LogP contribution is -2.07.